The maximum atomic E-state index is 12.9. The molecule has 2 heterocycles. The first-order valence-corrected chi connectivity index (χ1v) is 9.28. The second kappa shape index (κ2) is 6.96. The Morgan fingerprint density at radius 3 is 2.57 bits per heavy atom. The molecule has 0 spiro atoms. The van der Waals surface area contributed by atoms with Gasteiger partial charge >= 0.3 is 0 Å². The molecule has 0 unspecified atom stereocenters. The Morgan fingerprint density at radius 1 is 1.07 bits per heavy atom. The van der Waals surface area contributed by atoms with Crippen LogP contribution in [0.25, 0.3) is 16.4 Å². The Balaban J connectivity index is 1.66. The number of hydrogen-bond donors (Lipinski definition) is 1. The standard InChI is InChI=1S/C22H22N4O2/c1-14-9-10-19-18(11-14)12-20-22(28)25(24-16(3)26(19)20)13-21(27)23-15(2)17-7-5-4-6-8-17/h4-12,15H,13H2,1-3H3,(H,23,27)/t15-/m1/s1. The molecule has 0 aliphatic heterocycles. The van der Waals surface area contributed by atoms with Crippen molar-refractivity contribution in [1.82, 2.24) is 19.5 Å². The van der Waals surface area contributed by atoms with Crippen LogP contribution in [0, 0.1) is 13.8 Å². The number of aryl methyl sites for hydroxylation is 2. The number of nitrogens with one attached hydrogen (secondary N) is 1. The maximum absolute atomic E-state index is 12.9. The minimum Gasteiger partial charge on any atom is -0.348 e. The zero-order chi connectivity index (χ0) is 19.8. The van der Waals surface area contributed by atoms with Crippen LogP contribution in [0.3, 0.4) is 0 Å². The van der Waals surface area contributed by atoms with E-state index < -0.39 is 0 Å². The zero-order valence-corrected chi connectivity index (χ0v) is 16.1. The van der Waals surface area contributed by atoms with Crippen molar-refractivity contribution < 1.29 is 4.79 Å². The van der Waals surface area contributed by atoms with Crippen LogP contribution in [0.4, 0.5) is 0 Å². The summed E-state index contributed by atoms with van der Waals surface area (Å²) in [5.41, 5.74) is 3.33. The van der Waals surface area contributed by atoms with E-state index in [1.54, 1.807) is 0 Å². The molecule has 6 heteroatoms. The third-order valence-corrected chi connectivity index (χ3v) is 4.97. The van der Waals surface area contributed by atoms with E-state index in [0.29, 0.717) is 11.3 Å². The Kier molecular flexibility index (Phi) is 4.47. The zero-order valence-electron chi connectivity index (χ0n) is 16.1. The van der Waals surface area contributed by atoms with Crippen molar-refractivity contribution >= 4 is 22.3 Å². The number of benzene rings is 2. The molecule has 0 radical (unpaired) electrons. The van der Waals surface area contributed by atoms with Crippen LogP contribution in [0.5, 0.6) is 0 Å². The largest absolute Gasteiger partial charge is 0.348 e. The van der Waals surface area contributed by atoms with Crippen molar-refractivity contribution in [2.24, 2.45) is 0 Å². The van der Waals surface area contributed by atoms with Gasteiger partial charge in [0.1, 0.15) is 17.9 Å². The molecule has 1 amide bonds. The summed E-state index contributed by atoms with van der Waals surface area (Å²) in [5.74, 6) is 0.416. The van der Waals surface area contributed by atoms with E-state index in [-0.39, 0.29) is 24.1 Å². The van der Waals surface area contributed by atoms with Gasteiger partial charge in [-0.3, -0.25) is 14.0 Å². The first-order valence-electron chi connectivity index (χ1n) is 9.28. The number of aromatic nitrogens is 3. The summed E-state index contributed by atoms with van der Waals surface area (Å²) in [6.07, 6.45) is 0. The molecular formula is C22H22N4O2. The summed E-state index contributed by atoms with van der Waals surface area (Å²) in [4.78, 5) is 25.4. The van der Waals surface area contributed by atoms with E-state index in [4.69, 9.17) is 0 Å². The smallest absolute Gasteiger partial charge is 0.291 e. The van der Waals surface area contributed by atoms with Gasteiger partial charge in [-0.05, 0) is 44.5 Å². The average molecular weight is 374 g/mol. The maximum Gasteiger partial charge on any atom is 0.291 e. The van der Waals surface area contributed by atoms with Gasteiger partial charge in [0.15, 0.2) is 0 Å². The van der Waals surface area contributed by atoms with Gasteiger partial charge in [-0.25, -0.2) is 4.68 Å². The molecule has 0 fully saturated rings. The Hall–Kier alpha value is -3.41. The quantitative estimate of drug-likeness (QED) is 0.597. The molecule has 2 aromatic carbocycles. The van der Waals surface area contributed by atoms with Crippen molar-refractivity contribution in [3.05, 3.63) is 81.9 Å². The summed E-state index contributed by atoms with van der Waals surface area (Å²) in [7, 11) is 0. The van der Waals surface area contributed by atoms with Crippen molar-refractivity contribution in [1.29, 1.82) is 0 Å². The van der Waals surface area contributed by atoms with Crippen LogP contribution in [-0.2, 0) is 11.3 Å². The molecule has 0 saturated carbocycles. The molecule has 142 valence electrons. The lowest BCUT2D eigenvalue weighted by molar-refractivity contribution is -0.122. The Bertz CT molecular complexity index is 1240. The van der Waals surface area contributed by atoms with E-state index in [1.807, 2.05) is 79.8 Å². The predicted octanol–water partition coefficient (Wildman–Crippen LogP) is 3.14. The molecule has 2 aromatic heterocycles. The lowest BCUT2D eigenvalue weighted by Crippen LogP contribution is -2.36. The minimum atomic E-state index is -0.276. The summed E-state index contributed by atoms with van der Waals surface area (Å²) in [6.45, 7) is 5.66. The SMILES string of the molecule is Cc1ccc2c(c1)cc1c(=O)n(CC(=O)N[C@H](C)c3ccccc3)nc(C)n12. The highest BCUT2D eigenvalue weighted by Crippen LogP contribution is 2.20. The normalized spacial score (nSPS) is 12.4. The predicted molar refractivity (Wildman–Crippen MR) is 109 cm³/mol. The fourth-order valence-corrected chi connectivity index (χ4v) is 3.59. The lowest BCUT2D eigenvalue weighted by Gasteiger charge is -2.15. The number of hydrogen-bond acceptors (Lipinski definition) is 3. The molecule has 6 nitrogen and oxygen atoms in total. The molecule has 0 aliphatic rings. The number of rotatable bonds is 4. The number of fused-ring (bicyclic) bond motifs is 3. The molecule has 0 aliphatic carbocycles. The van der Waals surface area contributed by atoms with E-state index in [2.05, 4.69) is 10.4 Å². The molecule has 0 bridgehead atoms. The van der Waals surface area contributed by atoms with E-state index in [1.165, 1.54) is 4.68 Å². The minimum absolute atomic E-state index is 0.117. The summed E-state index contributed by atoms with van der Waals surface area (Å²) in [6, 6.07) is 17.5. The van der Waals surface area contributed by atoms with Crippen molar-refractivity contribution in [2.75, 3.05) is 0 Å². The molecule has 0 saturated heterocycles. The van der Waals surface area contributed by atoms with Gasteiger partial charge in [0, 0.05) is 5.39 Å². The molecule has 1 N–H and O–H groups in total. The van der Waals surface area contributed by atoms with Gasteiger partial charge in [0.25, 0.3) is 5.56 Å². The topological polar surface area (TPSA) is 68.4 Å². The Morgan fingerprint density at radius 2 is 1.82 bits per heavy atom. The highest BCUT2D eigenvalue weighted by atomic mass is 16.2. The lowest BCUT2D eigenvalue weighted by atomic mass is 10.1. The van der Waals surface area contributed by atoms with Crippen molar-refractivity contribution in [3.63, 3.8) is 0 Å². The summed E-state index contributed by atoms with van der Waals surface area (Å²) >= 11 is 0. The van der Waals surface area contributed by atoms with Crippen molar-refractivity contribution in [3.8, 4) is 0 Å². The summed E-state index contributed by atoms with van der Waals surface area (Å²) < 4.78 is 3.08. The first-order chi connectivity index (χ1) is 13.4. The highest BCUT2D eigenvalue weighted by Gasteiger charge is 2.15. The van der Waals surface area contributed by atoms with Gasteiger partial charge in [0.2, 0.25) is 5.91 Å². The molecule has 4 rings (SSSR count). The van der Waals surface area contributed by atoms with Crippen LogP contribution in [0.2, 0.25) is 0 Å². The third kappa shape index (κ3) is 3.17. The van der Waals surface area contributed by atoms with Crippen LogP contribution < -0.4 is 10.9 Å². The van der Waals surface area contributed by atoms with E-state index in [9.17, 15) is 9.59 Å². The van der Waals surface area contributed by atoms with Crippen molar-refractivity contribution in [2.45, 2.75) is 33.4 Å². The summed E-state index contributed by atoms with van der Waals surface area (Å²) in [5, 5.41) is 8.29. The van der Waals surface area contributed by atoms with Gasteiger partial charge < -0.3 is 5.32 Å². The average Bonchev–Trinajstić information content (AvgIpc) is 3.05. The third-order valence-electron chi connectivity index (χ3n) is 4.97. The highest BCUT2D eigenvalue weighted by molar-refractivity contribution is 5.87. The number of carbonyl (C=O) groups excluding carboxylic acids is 1. The van der Waals surface area contributed by atoms with Gasteiger partial charge in [0.05, 0.1) is 11.6 Å². The molecule has 28 heavy (non-hydrogen) atoms. The second-order valence-electron chi connectivity index (χ2n) is 7.14. The van der Waals surface area contributed by atoms with Crippen LogP contribution in [0.1, 0.15) is 29.9 Å². The Labute approximate surface area is 162 Å². The van der Waals surface area contributed by atoms with E-state index in [0.717, 1.165) is 22.0 Å². The first kappa shape index (κ1) is 18.0. The van der Waals surface area contributed by atoms with Gasteiger partial charge in [-0.15, -0.1) is 0 Å². The van der Waals surface area contributed by atoms with Crippen LogP contribution >= 0.6 is 0 Å². The number of amides is 1. The molecule has 1 atom stereocenters. The number of carbonyl (C=O) groups is 1. The van der Waals surface area contributed by atoms with Gasteiger partial charge in [-0.1, -0.05) is 42.0 Å². The van der Waals surface area contributed by atoms with Gasteiger partial charge in [-0.2, -0.15) is 5.10 Å². The molecular weight excluding hydrogens is 352 g/mol. The van der Waals surface area contributed by atoms with Crippen LogP contribution in [-0.4, -0.2) is 20.1 Å². The number of nitrogens with zero attached hydrogens (tertiary/aromatic N) is 3. The monoisotopic (exact) mass is 374 g/mol. The molecule has 4 aromatic rings. The van der Waals surface area contributed by atoms with E-state index >= 15 is 0 Å². The fraction of sp³-hybridized carbons (Fsp3) is 0.227. The second-order valence-corrected chi connectivity index (χ2v) is 7.14. The van der Waals surface area contributed by atoms with Crippen LogP contribution in [0.15, 0.2) is 59.4 Å². The fourth-order valence-electron chi connectivity index (χ4n) is 3.59.